The van der Waals surface area contributed by atoms with Crippen LogP contribution in [0.1, 0.15) is 5.56 Å². The van der Waals surface area contributed by atoms with E-state index < -0.39 is 15.9 Å². The van der Waals surface area contributed by atoms with E-state index in [0.717, 1.165) is 0 Å². The summed E-state index contributed by atoms with van der Waals surface area (Å²) >= 11 is 7.08. The number of nitrogens with zero attached hydrogens (tertiary/aromatic N) is 2. The van der Waals surface area contributed by atoms with Gasteiger partial charge in [0.1, 0.15) is 11.8 Å². The first-order valence-electron chi connectivity index (χ1n) is 8.02. The van der Waals surface area contributed by atoms with Crippen molar-refractivity contribution in [3.8, 4) is 11.8 Å². The minimum atomic E-state index is -3.76. The van der Waals surface area contributed by atoms with Crippen molar-refractivity contribution >= 4 is 49.7 Å². The van der Waals surface area contributed by atoms with Gasteiger partial charge in [0.25, 0.3) is 15.9 Å². The van der Waals surface area contributed by atoms with Crippen LogP contribution in [-0.4, -0.2) is 25.9 Å². The Morgan fingerprint density at radius 1 is 1.24 bits per heavy atom. The molecule has 0 atom stereocenters. The summed E-state index contributed by atoms with van der Waals surface area (Å²) in [7, 11) is -3.76. The summed E-state index contributed by atoms with van der Waals surface area (Å²) in [5, 5.41) is 13.6. The smallest absolute Gasteiger partial charge is 0.263 e. The number of nitriles is 1. The number of ether oxygens (including phenoxy) is 1. The molecule has 11 heteroatoms. The second-order valence-corrected chi connectivity index (χ2v) is 8.54. The molecule has 2 N–H and O–H groups in total. The Morgan fingerprint density at radius 3 is 2.62 bits per heavy atom. The van der Waals surface area contributed by atoms with Gasteiger partial charge in [-0.3, -0.25) is 9.52 Å². The molecule has 0 fully saturated rings. The topological polar surface area (TPSA) is 121 Å². The normalized spacial score (nSPS) is 10.8. The number of aromatic nitrogens is 1. The highest BCUT2D eigenvalue weighted by Crippen LogP contribution is 2.22. The van der Waals surface area contributed by atoms with Gasteiger partial charge in [-0.05, 0) is 36.4 Å². The summed E-state index contributed by atoms with van der Waals surface area (Å²) < 4.78 is 32.3. The van der Waals surface area contributed by atoms with Gasteiger partial charge in [-0.1, -0.05) is 11.6 Å². The summed E-state index contributed by atoms with van der Waals surface area (Å²) in [5.74, 6) is -0.0964. The quantitative estimate of drug-likeness (QED) is 0.570. The van der Waals surface area contributed by atoms with Gasteiger partial charge in [0.2, 0.25) is 0 Å². The lowest BCUT2D eigenvalue weighted by molar-refractivity contribution is -0.118. The maximum Gasteiger partial charge on any atom is 0.263 e. The molecule has 0 saturated carbocycles. The molecule has 1 aromatic heterocycles. The minimum absolute atomic E-state index is 0.0363. The van der Waals surface area contributed by atoms with Crippen molar-refractivity contribution in [3.63, 3.8) is 0 Å². The first kappa shape index (κ1) is 20.6. The standard InChI is InChI=1S/C18H13ClN4O4S2/c19-16-9-14(4-1-12(16)10-20)27-11-17(24)22-13-2-5-15(6-3-13)29(25,26)23-18-21-7-8-28-18/h1-9H,11H2,(H,21,23)(H,22,24). The Hall–Kier alpha value is -3.13. The summed E-state index contributed by atoms with van der Waals surface area (Å²) in [6, 6.07) is 12.1. The van der Waals surface area contributed by atoms with Crippen molar-refractivity contribution in [2.24, 2.45) is 0 Å². The molecular formula is C18H13ClN4O4S2. The van der Waals surface area contributed by atoms with Crippen LogP contribution in [0.4, 0.5) is 10.8 Å². The third-order valence-corrected chi connectivity index (χ3v) is 6.02. The predicted octanol–water partition coefficient (Wildman–Crippen LogP) is 3.49. The van der Waals surface area contributed by atoms with Gasteiger partial charge < -0.3 is 10.1 Å². The largest absolute Gasteiger partial charge is 0.484 e. The van der Waals surface area contributed by atoms with Gasteiger partial charge in [0.15, 0.2) is 11.7 Å². The lowest BCUT2D eigenvalue weighted by atomic mass is 10.2. The molecule has 3 rings (SSSR count). The van der Waals surface area contributed by atoms with Gasteiger partial charge in [-0.15, -0.1) is 11.3 Å². The average molecular weight is 449 g/mol. The fourth-order valence-electron chi connectivity index (χ4n) is 2.19. The number of amides is 1. The molecule has 0 radical (unpaired) electrons. The number of hydrogen-bond donors (Lipinski definition) is 2. The first-order valence-corrected chi connectivity index (χ1v) is 10.8. The van der Waals surface area contributed by atoms with Crippen molar-refractivity contribution < 1.29 is 17.9 Å². The monoisotopic (exact) mass is 448 g/mol. The Balaban J connectivity index is 1.57. The van der Waals surface area contributed by atoms with Gasteiger partial charge in [0, 0.05) is 23.3 Å². The second-order valence-electron chi connectivity index (χ2n) is 5.56. The van der Waals surface area contributed by atoms with Crippen LogP contribution in [0.3, 0.4) is 0 Å². The molecule has 29 heavy (non-hydrogen) atoms. The van der Waals surface area contributed by atoms with Crippen LogP contribution >= 0.6 is 22.9 Å². The van der Waals surface area contributed by atoms with Crippen LogP contribution in [0.15, 0.2) is 58.9 Å². The van der Waals surface area contributed by atoms with E-state index in [-0.39, 0.29) is 21.7 Å². The molecule has 1 amide bonds. The predicted molar refractivity (Wildman–Crippen MR) is 110 cm³/mol. The lowest BCUT2D eigenvalue weighted by Gasteiger charge is -2.09. The number of sulfonamides is 1. The second kappa shape index (κ2) is 8.91. The van der Waals surface area contributed by atoms with Crippen LogP contribution in [0.25, 0.3) is 0 Å². The zero-order chi connectivity index (χ0) is 20.9. The van der Waals surface area contributed by atoms with E-state index in [1.54, 1.807) is 5.38 Å². The third kappa shape index (κ3) is 5.45. The molecular weight excluding hydrogens is 436 g/mol. The summed E-state index contributed by atoms with van der Waals surface area (Å²) in [6.07, 6.45) is 1.50. The maximum atomic E-state index is 12.3. The Labute approximate surface area is 175 Å². The molecule has 0 saturated heterocycles. The molecule has 0 bridgehead atoms. The fraction of sp³-hybridized carbons (Fsp3) is 0.0556. The van der Waals surface area contributed by atoms with E-state index in [4.69, 9.17) is 21.6 Å². The Bertz CT molecular complexity index is 1160. The molecule has 148 valence electrons. The van der Waals surface area contributed by atoms with Crippen LogP contribution in [-0.2, 0) is 14.8 Å². The number of anilines is 2. The van der Waals surface area contributed by atoms with E-state index in [1.165, 1.54) is 60.0 Å². The highest BCUT2D eigenvalue weighted by molar-refractivity contribution is 7.93. The van der Waals surface area contributed by atoms with Gasteiger partial charge >= 0.3 is 0 Å². The molecule has 0 aliphatic carbocycles. The van der Waals surface area contributed by atoms with E-state index in [0.29, 0.717) is 17.0 Å². The van der Waals surface area contributed by atoms with Crippen LogP contribution in [0.2, 0.25) is 5.02 Å². The zero-order valence-electron chi connectivity index (χ0n) is 14.6. The van der Waals surface area contributed by atoms with E-state index in [1.807, 2.05) is 6.07 Å². The summed E-state index contributed by atoms with van der Waals surface area (Å²) in [5.41, 5.74) is 0.715. The molecule has 0 aliphatic rings. The molecule has 2 aromatic carbocycles. The SMILES string of the molecule is N#Cc1ccc(OCC(=O)Nc2ccc(S(=O)(=O)Nc3nccs3)cc2)cc1Cl. The fourth-order valence-corrected chi connectivity index (χ4v) is 4.19. The van der Waals surface area contributed by atoms with Crippen molar-refractivity contribution in [2.75, 3.05) is 16.6 Å². The Kier molecular flexibility index (Phi) is 6.33. The number of halogens is 1. The van der Waals surface area contributed by atoms with Crippen LogP contribution in [0, 0.1) is 11.3 Å². The number of carbonyl (C=O) groups excluding carboxylic acids is 1. The highest BCUT2D eigenvalue weighted by atomic mass is 35.5. The van der Waals surface area contributed by atoms with Gasteiger partial charge in [-0.2, -0.15) is 5.26 Å². The molecule has 0 spiro atoms. The number of hydrogen-bond acceptors (Lipinski definition) is 7. The minimum Gasteiger partial charge on any atom is -0.484 e. The van der Waals surface area contributed by atoms with Crippen LogP contribution in [0.5, 0.6) is 5.75 Å². The molecule has 0 unspecified atom stereocenters. The molecule has 3 aromatic rings. The first-order chi connectivity index (χ1) is 13.9. The molecule has 8 nitrogen and oxygen atoms in total. The number of benzene rings is 2. The number of thiazole rings is 1. The van der Waals surface area contributed by atoms with Gasteiger partial charge in [-0.25, -0.2) is 13.4 Å². The summed E-state index contributed by atoms with van der Waals surface area (Å²) in [6.45, 7) is -0.284. The van der Waals surface area contributed by atoms with E-state index in [9.17, 15) is 13.2 Å². The zero-order valence-corrected chi connectivity index (χ0v) is 17.0. The maximum absolute atomic E-state index is 12.3. The van der Waals surface area contributed by atoms with Crippen molar-refractivity contribution in [3.05, 3.63) is 64.6 Å². The van der Waals surface area contributed by atoms with Crippen molar-refractivity contribution in [1.29, 1.82) is 5.26 Å². The van der Waals surface area contributed by atoms with Crippen LogP contribution < -0.4 is 14.8 Å². The van der Waals surface area contributed by atoms with Gasteiger partial charge in [0.05, 0.1) is 15.5 Å². The van der Waals surface area contributed by atoms with Crippen molar-refractivity contribution in [1.82, 2.24) is 4.98 Å². The summed E-state index contributed by atoms with van der Waals surface area (Å²) in [4.78, 5) is 15.9. The van der Waals surface area contributed by atoms with E-state index in [2.05, 4.69) is 15.0 Å². The number of rotatable bonds is 7. The number of carbonyl (C=O) groups is 1. The third-order valence-electron chi connectivity index (χ3n) is 3.53. The van der Waals surface area contributed by atoms with E-state index >= 15 is 0 Å². The molecule has 0 aliphatic heterocycles. The number of nitrogens with one attached hydrogen (secondary N) is 2. The van der Waals surface area contributed by atoms with Crippen molar-refractivity contribution in [2.45, 2.75) is 4.90 Å². The Morgan fingerprint density at radius 2 is 2.00 bits per heavy atom. The lowest BCUT2D eigenvalue weighted by Crippen LogP contribution is -2.20. The highest BCUT2D eigenvalue weighted by Gasteiger charge is 2.15. The average Bonchev–Trinajstić information content (AvgIpc) is 3.19. The molecule has 1 heterocycles.